The summed E-state index contributed by atoms with van der Waals surface area (Å²) < 4.78 is 28.2. The van der Waals surface area contributed by atoms with Crippen molar-refractivity contribution in [3.05, 3.63) is 32.8 Å². The number of halogens is 1. The van der Waals surface area contributed by atoms with Gasteiger partial charge in [0.15, 0.2) is 0 Å². The molecule has 8 nitrogen and oxygen atoms in total. The molecule has 0 unspecified atom stereocenters. The highest BCUT2D eigenvalue weighted by Gasteiger charge is 2.24. The molecule has 1 heterocycles. The van der Waals surface area contributed by atoms with Gasteiger partial charge in [-0.25, -0.2) is 0 Å². The van der Waals surface area contributed by atoms with Crippen molar-refractivity contribution in [1.82, 2.24) is 9.62 Å². The Labute approximate surface area is 124 Å². The van der Waals surface area contributed by atoms with Crippen LogP contribution in [-0.2, 0) is 10.2 Å². The van der Waals surface area contributed by atoms with Crippen LogP contribution in [-0.4, -0.2) is 43.8 Å². The van der Waals surface area contributed by atoms with Crippen LogP contribution < -0.4 is 10.0 Å². The summed E-state index contributed by atoms with van der Waals surface area (Å²) in [5, 5.41) is 13.8. The van der Waals surface area contributed by atoms with Crippen LogP contribution in [0.3, 0.4) is 0 Å². The van der Waals surface area contributed by atoms with Crippen LogP contribution in [0.4, 0.5) is 11.4 Å². The molecule has 0 aromatic heterocycles. The molecular formula is C10H13BrN4O4S. The number of anilines is 1. The van der Waals surface area contributed by atoms with Crippen LogP contribution >= 0.6 is 15.9 Å². The number of nitro groups is 1. The number of nitrogens with zero attached hydrogens (tertiary/aromatic N) is 2. The lowest BCUT2D eigenvalue weighted by molar-refractivity contribution is -0.385. The zero-order valence-electron chi connectivity index (χ0n) is 10.4. The van der Waals surface area contributed by atoms with E-state index in [1.807, 2.05) is 0 Å². The SMILES string of the molecule is O=[N+]([O-])c1ccc(NS(=O)(=O)N2CCNCC2)cc1Br. The molecule has 1 aliphatic heterocycles. The van der Waals surface area contributed by atoms with Crippen LogP contribution in [0.1, 0.15) is 0 Å². The monoisotopic (exact) mass is 364 g/mol. The summed E-state index contributed by atoms with van der Waals surface area (Å²) in [6, 6.07) is 3.99. The van der Waals surface area contributed by atoms with Gasteiger partial charge in [-0.05, 0) is 28.1 Å². The fraction of sp³-hybridized carbons (Fsp3) is 0.400. The summed E-state index contributed by atoms with van der Waals surface area (Å²) in [5.74, 6) is 0. The number of piperazine rings is 1. The van der Waals surface area contributed by atoms with Gasteiger partial charge in [0.25, 0.3) is 5.69 Å². The molecular weight excluding hydrogens is 352 g/mol. The topological polar surface area (TPSA) is 105 Å². The Morgan fingerprint density at radius 1 is 1.35 bits per heavy atom. The van der Waals surface area contributed by atoms with Crippen LogP contribution in [0.15, 0.2) is 22.7 Å². The molecule has 0 radical (unpaired) electrons. The van der Waals surface area contributed by atoms with Crippen LogP contribution in [0, 0.1) is 10.1 Å². The van der Waals surface area contributed by atoms with Crippen molar-refractivity contribution in [1.29, 1.82) is 0 Å². The molecule has 2 N–H and O–H groups in total. The first-order valence-electron chi connectivity index (χ1n) is 5.83. The molecule has 1 aromatic rings. The van der Waals surface area contributed by atoms with E-state index in [-0.39, 0.29) is 15.8 Å². The maximum atomic E-state index is 12.1. The van der Waals surface area contributed by atoms with Gasteiger partial charge < -0.3 is 5.32 Å². The minimum atomic E-state index is -3.63. The van der Waals surface area contributed by atoms with E-state index in [1.165, 1.54) is 22.5 Å². The van der Waals surface area contributed by atoms with Crippen molar-refractivity contribution in [3.8, 4) is 0 Å². The van der Waals surface area contributed by atoms with Crippen LogP contribution in [0.25, 0.3) is 0 Å². The van der Waals surface area contributed by atoms with Crippen LogP contribution in [0.5, 0.6) is 0 Å². The number of nitrogens with one attached hydrogen (secondary N) is 2. The first kappa shape index (κ1) is 15.2. The molecule has 0 atom stereocenters. The number of hydrogen-bond acceptors (Lipinski definition) is 5. The molecule has 10 heteroatoms. The highest BCUT2D eigenvalue weighted by atomic mass is 79.9. The zero-order valence-corrected chi connectivity index (χ0v) is 12.8. The van der Waals surface area contributed by atoms with E-state index in [0.717, 1.165) is 0 Å². The second kappa shape index (κ2) is 6.04. The Kier molecular flexibility index (Phi) is 4.58. The average molecular weight is 365 g/mol. The lowest BCUT2D eigenvalue weighted by Gasteiger charge is -2.26. The molecule has 0 spiro atoms. The van der Waals surface area contributed by atoms with Gasteiger partial charge in [-0.3, -0.25) is 14.8 Å². The summed E-state index contributed by atoms with van der Waals surface area (Å²) in [6.07, 6.45) is 0. The fourth-order valence-corrected chi connectivity index (χ4v) is 3.56. The molecule has 1 fully saturated rings. The van der Waals surface area contributed by atoms with Gasteiger partial charge in [-0.2, -0.15) is 12.7 Å². The van der Waals surface area contributed by atoms with E-state index in [2.05, 4.69) is 26.0 Å². The Bertz CT molecular complexity index is 616. The first-order chi connectivity index (χ1) is 9.40. The summed E-state index contributed by atoms with van der Waals surface area (Å²) in [6.45, 7) is 1.99. The predicted molar refractivity (Wildman–Crippen MR) is 77.8 cm³/mol. The molecule has 2 rings (SSSR count). The lowest BCUT2D eigenvalue weighted by atomic mass is 10.3. The van der Waals surface area contributed by atoms with Crippen molar-refractivity contribution in [2.45, 2.75) is 0 Å². The van der Waals surface area contributed by atoms with E-state index in [4.69, 9.17) is 0 Å². The quantitative estimate of drug-likeness (QED) is 0.610. The van der Waals surface area contributed by atoms with Crippen molar-refractivity contribution in [2.24, 2.45) is 0 Å². The smallest absolute Gasteiger partial charge is 0.301 e. The molecule has 1 aromatic carbocycles. The number of rotatable bonds is 4. The van der Waals surface area contributed by atoms with Gasteiger partial charge in [0.2, 0.25) is 0 Å². The molecule has 1 saturated heterocycles. The molecule has 20 heavy (non-hydrogen) atoms. The van der Waals surface area contributed by atoms with Gasteiger partial charge in [0.05, 0.1) is 15.1 Å². The summed E-state index contributed by atoms with van der Waals surface area (Å²) in [4.78, 5) is 10.1. The van der Waals surface area contributed by atoms with Crippen molar-refractivity contribution >= 4 is 37.5 Å². The third-order valence-corrected chi connectivity index (χ3v) is 4.98. The van der Waals surface area contributed by atoms with E-state index in [0.29, 0.717) is 26.2 Å². The highest BCUT2D eigenvalue weighted by molar-refractivity contribution is 9.10. The fourth-order valence-electron chi connectivity index (χ4n) is 1.82. The van der Waals surface area contributed by atoms with Crippen molar-refractivity contribution in [3.63, 3.8) is 0 Å². The average Bonchev–Trinajstić information content (AvgIpc) is 2.39. The van der Waals surface area contributed by atoms with Gasteiger partial charge in [0.1, 0.15) is 0 Å². The first-order valence-corrected chi connectivity index (χ1v) is 8.06. The van der Waals surface area contributed by atoms with Crippen LogP contribution in [0.2, 0.25) is 0 Å². The van der Waals surface area contributed by atoms with Gasteiger partial charge in [-0.1, -0.05) is 0 Å². The van der Waals surface area contributed by atoms with E-state index in [1.54, 1.807) is 0 Å². The molecule has 110 valence electrons. The molecule has 0 amide bonds. The standard InChI is InChI=1S/C10H13BrN4O4S/c11-9-7-8(1-2-10(9)15(16)17)13-20(18,19)14-5-3-12-4-6-14/h1-2,7,12-13H,3-6H2. The van der Waals surface area contributed by atoms with Crippen molar-refractivity contribution < 1.29 is 13.3 Å². The third kappa shape index (κ3) is 3.45. The maximum absolute atomic E-state index is 12.1. The van der Waals surface area contributed by atoms with Gasteiger partial charge in [-0.15, -0.1) is 0 Å². The number of benzene rings is 1. The summed E-state index contributed by atoms with van der Waals surface area (Å²) in [5.41, 5.74) is 0.163. The summed E-state index contributed by atoms with van der Waals surface area (Å²) >= 11 is 3.05. The van der Waals surface area contributed by atoms with E-state index >= 15 is 0 Å². The molecule has 0 bridgehead atoms. The summed E-state index contributed by atoms with van der Waals surface area (Å²) in [7, 11) is -3.63. The molecule has 0 saturated carbocycles. The normalized spacial score (nSPS) is 16.9. The number of nitro benzene ring substituents is 1. The Hall–Kier alpha value is -1.23. The second-order valence-electron chi connectivity index (χ2n) is 4.18. The third-order valence-electron chi connectivity index (χ3n) is 2.81. The van der Waals surface area contributed by atoms with Gasteiger partial charge >= 0.3 is 10.2 Å². The van der Waals surface area contributed by atoms with E-state index in [9.17, 15) is 18.5 Å². The second-order valence-corrected chi connectivity index (χ2v) is 6.70. The lowest BCUT2D eigenvalue weighted by Crippen LogP contribution is -2.48. The predicted octanol–water partition coefficient (Wildman–Crippen LogP) is 0.919. The van der Waals surface area contributed by atoms with E-state index < -0.39 is 15.1 Å². The number of hydrogen-bond donors (Lipinski definition) is 2. The maximum Gasteiger partial charge on any atom is 0.301 e. The van der Waals surface area contributed by atoms with Crippen molar-refractivity contribution in [2.75, 3.05) is 30.9 Å². The minimum absolute atomic E-state index is 0.116. The molecule has 0 aliphatic carbocycles. The molecule has 1 aliphatic rings. The van der Waals surface area contributed by atoms with Gasteiger partial charge in [0, 0.05) is 32.2 Å². The zero-order chi connectivity index (χ0) is 14.8. The Morgan fingerprint density at radius 2 is 2.00 bits per heavy atom. The highest BCUT2D eigenvalue weighted by Crippen LogP contribution is 2.28. The Morgan fingerprint density at radius 3 is 2.55 bits per heavy atom. The largest absolute Gasteiger partial charge is 0.314 e. The minimum Gasteiger partial charge on any atom is -0.314 e. The Balaban J connectivity index is 2.17.